The normalized spacial score (nSPS) is 18.6. The quantitative estimate of drug-likeness (QED) is 0.442. The first-order valence-electron chi connectivity index (χ1n) is 13.4. The molecule has 0 aliphatic carbocycles. The molecule has 0 saturated heterocycles. The predicted octanol–water partition coefficient (Wildman–Crippen LogP) is 1.84. The zero-order valence-corrected chi connectivity index (χ0v) is 23.0. The van der Waals surface area contributed by atoms with Crippen molar-refractivity contribution in [1.82, 2.24) is 15.1 Å². The van der Waals surface area contributed by atoms with E-state index in [1.54, 1.807) is 6.20 Å². The highest BCUT2D eigenvalue weighted by Crippen LogP contribution is 2.30. The van der Waals surface area contributed by atoms with Crippen molar-refractivity contribution in [1.29, 1.82) is 0 Å². The van der Waals surface area contributed by atoms with Gasteiger partial charge in [-0.1, -0.05) is 74.5 Å². The molecule has 3 amide bonds. The fourth-order valence-corrected chi connectivity index (χ4v) is 4.92. The minimum Gasteiger partial charge on any atom is -0.477 e. The van der Waals surface area contributed by atoms with Crippen molar-refractivity contribution >= 4 is 29.3 Å². The lowest BCUT2D eigenvalue weighted by Gasteiger charge is -2.41. The van der Waals surface area contributed by atoms with Gasteiger partial charge < -0.3 is 24.8 Å². The first-order valence-corrected chi connectivity index (χ1v) is 13.4. The number of nitrogens with one attached hydrogen (secondary N) is 1. The number of aliphatic hydroxyl groups is 1. The largest absolute Gasteiger partial charge is 0.477 e. The molecule has 2 aromatic rings. The maximum absolute atomic E-state index is 13.9. The van der Waals surface area contributed by atoms with E-state index >= 15 is 0 Å². The van der Waals surface area contributed by atoms with Gasteiger partial charge in [-0.3, -0.25) is 19.3 Å². The number of ether oxygens (including phenoxy) is 2. The fourth-order valence-electron chi connectivity index (χ4n) is 4.92. The lowest BCUT2D eigenvalue weighted by molar-refractivity contribution is -0.147. The second kappa shape index (κ2) is 13.4. The number of aliphatic imine (C=N–C) groups is 1. The van der Waals surface area contributed by atoms with Crippen LogP contribution < -0.4 is 5.32 Å². The zero-order valence-electron chi connectivity index (χ0n) is 23.0. The molecule has 10 nitrogen and oxygen atoms in total. The van der Waals surface area contributed by atoms with Crippen LogP contribution in [-0.4, -0.2) is 90.1 Å². The molecule has 0 fully saturated rings. The fraction of sp³-hybridized carbons (Fsp3) is 0.400. The molecule has 2 aromatic carbocycles. The van der Waals surface area contributed by atoms with Gasteiger partial charge in [0.15, 0.2) is 0 Å². The van der Waals surface area contributed by atoms with Gasteiger partial charge in [-0.15, -0.1) is 0 Å². The Bertz CT molecular complexity index is 1250. The average Bonchev–Trinajstić information content (AvgIpc) is 3.49. The Morgan fingerprint density at radius 1 is 1.12 bits per heavy atom. The monoisotopic (exact) mass is 548 g/mol. The highest BCUT2D eigenvalue weighted by molar-refractivity contribution is 6.00. The van der Waals surface area contributed by atoms with Gasteiger partial charge in [0.2, 0.25) is 11.8 Å². The number of carbonyl (C=O) groups is 3. The highest BCUT2D eigenvalue weighted by atomic mass is 16.5. The number of methoxy groups -OCH3 is 1. The van der Waals surface area contributed by atoms with Crippen LogP contribution in [0.1, 0.15) is 25.0 Å². The SMILES string of the molecule is COCC(=O)N1C=C(c2ccccc2)N(CC(=O)N[C@@H](Cc2ccccc2)C(O)C2=NCCO2)C(=O)C1C(C)C. The molecule has 4 rings (SSSR count). The van der Waals surface area contributed by atoms with Crippen LogP contribution >= 0.6 is 0 Å². The summed E-state index contributed by atoms with van der Waals surface area (Å²) in [6.07, 6.45) is 0.797. The summed E-state index contributed by atoms with van der Waals surface area (Å²) in [6.45, 7) is 4.04. The molecule has 2 heterocycles. The van der Waals surface area contributed by atoms with Gasteiger partial charge in [-0.2, -0.15) is 0 Å². The average molecular weight is 549 g/mol. The van der Waals surface area contributed by atoms with E-state index in [9.17, 15) is 19.5 Å². The number of hydrogen-bond donors (Lipinski definition) is 2. The Morgan fingerprint density at radius 2 is 1.80 bits per heavy atom. The molecule has 2 aliphatic heterocycles. The van der Waals surface area contributed by atoms with Crippen LogP contribution in [0.5, 0.6) is 0 Å². The van der Waals surface area contributed by atoms with Crippen LogP contribution in [0.2, 0.25) is 0 Å². The van der Waals surface area contributed by atoms with Crippen molar-refractivity contribution in [2.75, 3.05) is 33.4 Å². The number of hydrogen-bond acceptors (Lipinski definition) is 7. The number of carbonyl (C=O) groups excluding carboxylic acids is 3. The first-order chi connectivity index (χ1) is 19.3. The van der Waals surface area contributed by atoms with Crippen molar-refractivity contribution in [3.05, 3.63) is 78.0 Å². The van der Waals surface area contributed by atoms with Crippen molar-refractivity contribution < 1.29 is 29.0 Å². The summed E-state index contributed by atoms with van der Waals surface area (Å²) >= 11 is 0. The van der Waals surface area contributed by atoms with Gasteiger partial charge in [0.05, 0.1) is 18.3 Å². The van der Waals surface area contributed by atoms with Crippen molar-refractivity contribution in [3.8, 4) is 0 Å². The maximum atomic E-state index is 13.9. The number of aliphatic hydroxyl groups excluding tert-OH is 1. The summed E-state index contributed by atoms with van der Waals surface area (Å²) in [5, 5.41) is 14.0. The lowest BCUT2D eigenvalue weighted by atomic mass is 9.96. The second-order valence-electron chi connectivity index (χ2n) is 10.1. The Labute approximate surface area is 234 Å². The van der Waals surface area contributed by atoms with E-state index in [4.69, 9.17) is 9.47 Å². The summed E-state index contributed by atoms with van der Waals surface area (Å²) in [5.74, 6) is -1.23. The molecule has 3 atom stereocenters. The van der Waals surface area contributed by atoms with Crippen molar-refractivity contribution in [2.24, 2.45) is 10.9 Å². The van der Waals surface area contributed by atoms with Gasteiger partial charge in [0.1, 0.15) is 31.9 Å². The van der Waals surface area contributed by atoms with E-state index in [1.807, 2.05) is 74.5 Å². The Kier molecular flexibility index (Phi) is 9.68. The van der Waals surface area contributed by atoms with Crippen LogP contribution in [0, 0.1) is 5.92 Å². The van der Waals surface area contributed by atoms with E-state index in [1.165, 1.54) is 16.9 Å². The van der Waals surface area contributed by atoms with Gasteiger partial charge in [0.25, 0.3) is 11.8 Å². The third kappa shape index (κ3) is 6.75. The molecule has 212 valence electrons. The van der Waals surface area contributed by atoms with E-state index < -0.39 is 24.1 Å². The van der Waals surface area contributed by atoms with Gasteiger partial charge >= 0.3 is 0 Å². The Balaban J connectivity index is 1.63. The minimum absolute atomic E-state index is 0.180. The summed E-state index contributed by atoms with van der Waals surface area (Å²) in [7, 11) is 1.43. The number of nitrogens with zero attached hydrogens (tertiary/aromatic N) is 3. The number of benzene rings is 2. The first kappa shape index (κ1) is 29.0. The second-order valence-corrected chi connectivity index (χ2v) is 10.1. The van der Waals surface area contributed by atoms with Crippen molar-refractivity contribution in [3.63, 3.8) is 0 Å². The van der Waals surface area contributed by atoms with E-state index in [-0.39, 0.29) is 36.8 Å². The molecule has 2 aliphatic rings. The summed E-state index contributed by atoms with van der Waals surface area (Å²) in [4.78, 5) is 47.4. The third-order valence-electron chi connectivity index (χ3n) is 6.82. The van der Waals surface area contributed by atoms with E-state index in [0.29, 0.717) is 30.8 Å². The molecular weight excluding hydrogens is 512 g/mol. The number of rotatable bonds is 11. The summed E-state index contributed by atoms with van der Waals surface area (Å²) < 4.78 is 10.5. The predicted molar refractivity (Wildman–Crippen MR) is 150 cm³/mol. The zero-order chi connectivity index (χ0) is 28.6. The van der Waals surface area contributed by atoms with E-state index in [0.717, 1.165) is 5.56 Å². The van der Waals surface area contributed by atoms with Crippen LogP contribution in [0.15, 0.2) is 71.9 Å². The highest BCUT2D eigenvalue weighted by Gasteiger charge is 2.41. The molecule has 0 aromatic heterocycles. The molecule has 0 saturated carbocycles. The van der Waals surface area contributed by atoms with Gasteiger partial charge in [0, 0.05) is 13.3 Å². The lowest BCUT2D eigenvalue weighted by Crippen LogP contribution is -2.58. The number of amides is 3. The minimum atomic E-state index is -1.15. The molecule has 0 spiro atoms. The molecule has 2 N–H and O–H groups in total. The Hall–Kier alpha value is -4.02. The molecule has 0 bridgehead atoms. The van der Waals surface area contributed by atoms with Gasteiger partial charge in [-0.05, 0) is 23.5 Å². The molecule has 10 heteroatoms. The van der Waals surface area contributed by atoms with Crippen molar-refractivity contribution in [2.45, 2.75) is 38.5 Å². The Morgan fingerprint density at radius 3 is 2.40 bits per heavy atom. The van der Waals surface area contributed by atoms with Crippen LogP contribution in [0.4, 0.5) is 0 Å². The summed E-state index contributed by atoms with van der Waals surface area (Å²) in [6, 6.07) is 17.1. The maximum Gasteiger partial charge on any atom is 0.253 e. The smallest absolute Gasteiger partial charge is 0.253 e. The van der Waals surface area contributed by atoms with Crippen LogP contribution in [0.25, 0.3) is 5.70 Å². The molecular formula is C30H36N4O6. The third-order valence-corrected chi connectivity index (χ3v) is 6.82. The summed E-state index contributed by atoms with van der Waals surface area (Å²) in [5.41, 5.74) is 2.01. The van der Waals surface area contributed by atoms with E-state index in [2.05, 4.69) is 10.3 Å². The molecule has 40 heavy (non-hydrogen) atoms. The topological polar surface area (TPSA) is 121 Å². The molecule has 0 radical (unpaired) electrons. The van der Waals surface area contributed by atoms with Gasteiger partial charge in [-0.25, -0.2) is 4.99 Å². The van der Waals surface area contributed by atoms with Crippen LogP contribution in [-0.2, 0) is 30.3 Å². The standard InChI is InChI=1S/C30H36N4O6/c1-20(2)27-30(38)33(24(22-12-8-5-9-13-22)17-34(27)26(36)19-39-3)18-25(35)32-23(16-21-10-6-4-7-11-21)28(37)29-31-14-15-40-29/h4-13,17,20,23,27-28,37H,14-16,18-19H2,1-3H3,(H,32,35)/t23-,27?,28?/m0/s1. The molecule has 2 unspecified atom stereocenters. The van der Waals surface area contributed by atoms with Crippen LogP contribution in [0.3, 0.4) is 0 Å².